The zero-order valence-electron chi connectivity index (χ0n) is 21.3. The molecule has 3 aromatic rings. The Morgan fingerprint density at radius 2 is 1.85 bits per heavy atom. The first-order valence-electron chi connectivity index (χ1n) is 13.0. The van der Waals surface area contributed by atoms with Gasteiger partial charge in [-0.25, -0.2) is 0 Å². The van der Waals surface area contributed by atoms with Gasteiger partial charge in [0.05, 0.1) is 28.7 Å². The number of nitrogens with one attached hydrogen (secondary N) is 2. The highest BCUT2D eigenvalue weighted by Crippen LogP contribution is 2.34. The summed E-state index contributed by atoms with van der Waals surface area (Å²) in [5.74, 6) is 0.716. The van der Waals surface area contributed by atoms with Gasteiger partial charge in [0.25, 0.3) is 0 Å². The highest BCUT2D eigenvalue weighted by atomic mass is 32.2. The molecule has 4 heterocycles. The molecule has 0 spiro atoms. The van der Waals surface area contributed by atoms with Crippen LogP contribution in [0.4, 0.5) is 13.2 Å². The zero-order valence-corrected chi connectivity index (χ0v) is 22.2. The summed E-state index contributed by atoms with van der Waals surface area (Å²) < 4.78 is 39.3. The topological polar surface area (TPSA) is 73.4 Å². The molecular formula is C28H31F3N6OS. The van der Waals surface area contributed by atoms with Crippen molar-refractivity contribution in [3.63, 3.8) is 0 Å². The van der Waals surface area contributed by atoms with E-state index < -0.39 is 11.7 Å². The van der Waals surface area contributed by atoms with Gasteiger partial charge in [0, 0.05) is 63.6 Å². The van der Waals surface area contributed by atoms with Crippen LogP contribution < -0.4 is 10.6 Å². The number of halogens is 3. The molecule has 2 unspecified atom stereocenters. The van der Waals surface area contributed by atoms with E-state index in [0.29, 0.717) is 12.3 Å². The van der Waals surface area contributed by atoms with Crippen LogP contribution in [0.2, 0.25) is 0 Å². The van der Waals surface area contributed by atoms with Crippen LogP contribution in [-0.2, 0) is 11.0 Å². The summed E-state index contributed by atoms with van der Waals surface area (Å²) in [4.78, 5) is 25.9. The molecular weight excluding hydrogens is 525 g/mol. The Bertz CT molecular complexity index is 1210. The van der Waals surface area contributed by atoms with Crippen molar-refractivity contribution in [1.82, 2.24) is 30.4 Å². The van der Waals surface area contributed by atoms with Crippen molar-refractivity contribution >= 4 is 17.7 Å². The van der Waals surface area contributed by atoms with Crippen LogP contribution in [0.1, 0.15) is 33.8 Å². The highest BCUT2D eigenvalue weighted by molar-refractivity contribution is 7.99. The third-order valence-corrected chi connectivity index (χ3v) is 8.37. The molecule has 39 heavy (non-hydrogen) atoms. The Balaban J connectivity index is 1.12. The Hall–Kier alpha value is -2.99. The minimum atomic E-state index is -4.37. The molecule has 2 aliphatic rings. The lowest BCUT2D eigenvalue weighted by Crippen LogP contribution is -2.50. The summed E-state index contributed by atoms with van der Waals surface area (Å²) in [6.45, 7) is 4.36. The van der Waals surface area contributed by atoms with Gasteiger partial charge in [0.15, 0.2) is 0 Å². The fraction of sp³-hybridized carbons (Fsp3) is 0.393. The molecule has 0 radical (unpaired) electrons. The predicted molar refractivity (Wildman–Crippen MR) is 145 cm³/mol. The van der Waals surface area contributed by atoms with E-state index >= 15 is 0 Å². The van der Waals surface area contributed by atoms with E-state index in [1.165, 1.54) is 0 Å². The molecule has 0 aliphatic carbocycles. The number of amides is 1. The highest BCUT2D eigenvalue weighted by Gasteiger charge is 2.33. The quantitative estimate of drug-likeness (QED) is 0.438. The van der Waals surface area contributed by atoms with Crippen molar-refractivity contribution in [2.45, 2.75) is 23.6 Å². The number of thioether (sulfide) groups is 1. The molecule has 2 aliphatic heterocycles. The first-order chi connectivity index (χ1) is 18.9. The van der Waals surface area contributed by atoms with E-state index in [2.05, 4.69) is 30.4 Å². The number of carbonyl (C=O) groups is 1. The molecule has 5 rings (SSSR count). The van der Waals surface area contributed by atoms with Crippen LogP contribution in [0.5, 0.6) is 0 Å². The third kappa shape index (κ3) is 6.96. The van der Waals surface area contributed by atoms with E-state index in [4.69, 9.17) is 0 Å². The minimum absolute atomic E-state index is 0.00467. The van der Waals surface area contributed by atoms with Crippen LogP contribution in [-0.4, -0.2) is 76.7 Å². The van der Waals surface area contributed by atoms with Gasteiger partial charge in [-0.2, -0.15) is 13.2 Å². The van der Waals surface area contributed by atoms with Gasteiger partial charge in [-0.15, -0.1) is 11.8 Å². The molecule has 0 bridgehead atoms. The van der Waals surface area contributed by atoms with E-state index in [0.717, 1.165) is 61.7 Å². The van der Waals surface area contributed by atoms with Crippen molar-refractivity contribution in [3.8, 4) is 0 Å². The normalized spacial score (nSPS) is 21.5. The number of nitrogens with zero attached hydrogens (tertiary/aromatic N) is 4. The molecule has 1 aromatic carbocycles. The molecule has 0 saturated carbocycles. The van der Waals surface area contributed by atoms with Crippen LogP contribution in [0.3, 0.4) is 0 Å². The number of aromatic nitrogens is 2. The lowest BCUT2D eigenvalue weighted by molar-refractivity contribution is -0.137. The molecule has 2 N–H and O–H groups in total. The largest absolute Gasteiger partial charge is 0.416 e. The van der Waals surface area contributed by atoms with Gasteiger partial charge >= 0.3 is 6.18 Å². The van der Waals surface area contributed by atoms with Crippen molar-refractivity contribution in [2.24, 2.45) is 0 Å². The van der Waals surface area contributed by atoms with Gasteiger partial charge < -0.3 is 5.32 Å². The fourth-order valence-corrected chi connectivity index (χ4v) is 6.24. The summed E-state index contributed by atoms with van der Waals surface area (Å²) in [6.07, 6.45) is 0.900. The number of rotatable bonds is 8. The van der Waals surface area contributed by atoms with Crippen molar-refractivity contribution in [1.29, 1.82) is 0 Å². The number of hydrogen-bond acceptors (Lipinski definition) is 7. The average Bonchev–Trinajstić information content (AvgIpc) is 3.46. The Morgan fingerprint density at radius 1 is 1.05 bits per heavy atom. The second-order valence-corrected chi connectivity index (χ2v) is 10.8. The molecule has 3 atom stereocenters. The molecule has 1 amide bonds. The summed E-state index contributed by atoms with van der Waals surface area (Å²) in [7, 11) is 0. The summed E-state index contributed by atoms with van der Waals surface area (Å²) in [5, 5.41) is 6.51. The molecule has 2 saturated heterocycles. The predicted octanol–water partition coefficient (Wildman–Crippen LogP) is 3.72. The number of hydrogen-bond donors (Lipinski definition) is 2. The Labute approximate surface area is 230 Å². The second kappa shape index (κ2) is 12.5. The summed E-state index contributed by atoms with van der Waals surface area (Å²) in [5.41, 5.74) is 2.01. The molecule has 2 fully saturated rings. The molecule has 7 nitrogen and oxygen atoms in total. The van der Waals surface area contributed by atoms with Gasteiger partial charge in [-0.05, 0) is 41.5 Å². The standard InChI is InChI=1S/C28H31F3N6OS/c29-28(30,31)22-8-6-20(7-9-22)25(23-5-1-2-11-33-23)37-16-14-36(15-17-37)13-12-34-26(38)24-19-39-27(35-24)21-4-3-10-32-18-21/h1-11,18,24-25,27,35H,12-17,19H2,(H,34,38)/t24-,25?,27?/m0/s1. The zero-order chi connectivity index (χ0) is 27.2. The first kappa shape index (κ1) is 27.6. The maximum atomic E-state index is 13.1. The van der Waals surface area contributed by atoms with Gasteiger partial charge in [-0.1, -0.05) is 24.3 Å². The monoisotopic (exact) mass is 556 g/mol. The number of alkyl halides is 3. The molecule has 206 valence electrons. The smallest absolute Gasteiger partial charge is 0.353 e. The third-order valence-electron chi connectivity index (χ3n) is 7.11. The molecule has 11 heteroatoms. The van der Waals surface area contributed by atoms with Gasteiger partial charge in [0.1, 0.15) is 0 Å². The average molecular weight is 557 g/mol. The van der Waals surface area contributed by atoms with Crippen LogP contribution in [0.25, 0.3) is 0 Å². The lowest BCUT2D eigenvalue weighted by atomic mass is 9.99. The van der Waals surface area contributed by atoms with E-state index in [9.17, 15) is 18.0 Å². The van der Waals surface area contributed by atoms with Gasteiger partial charge in [0.2, 0.25) is 5.91 Å². The number of benzene rings is 1. The van der Waals surface area contributed by atoms with Crippen LogP contribution in [0.15, 0.2) is 73.2 Å². The number of piperazine rings is 1. The van der Waals surface area contributed by atoms with Crippen molar-refractivity contribution in [2.75, 3.05) is 45.0 Å². The second-order valence-electron chi connectivity index (χ2n) is 9.66. The molecule has 2 aromatic heterocycles. The van der Waals surface area contributed by atoms with Crippen LogP contribution in [0, 0.1) is 0 Å². The van der Waals surface area contributed by atoms with Crippen LogP contribution >= 0.6 is 11.8 Å². The maximum Gasteiger partial charge on any atom is 0.416 e. The van der Waals surface area contributed by atoms with E-state index in [-0.39, 0.29) is 23.4 Å². The number of carbonyl (C=O) groups excluding carboxylic acids is 1. The van der Waals surface area contributed by atoms with E-state index in [1.54, 1.807) is 36.3 Å². The SMILES string of the molecule is O=C(NCCN1CCN(C(c2ccc(C(F)(F)F)cc2)c2ccccn2)CC1)[C@@H]1CSC(c2cccnc2)N1. The van der Waals surface area contributed by atoms with Crippen molar-refractivity contribution < 1.29 is 18.0 Å². The number of pyridine rings is 2. The lowest BCUT2D eigenvalue weighted by Gasteiger charge is -2.39. The van der Waals surface area contributed by atoms with E-state index in [1.807, 2.05) is 36.5 Å². The van der Waals surface area contributed by atoms with Gasteiger partial charge in [-0.3, -0.25) is 29.9 Å². The minimum Gasteiger partial charge on any atom is -0.353 e. The first-order valence-corrected chi connectivity index (χ1v) is 14.0. The Morgan fingerprint density at radius 3 is 2.51 bits per heavy atom. The summed E-state index contributed by atoms with van der Waals surface area (Å²) in [6, 6.07) is 14.5. The summed E-state index contributed by atoms with van der Waals surface area (Å²) >= 11 is 1.71. The van der Waals surface area contributed by atoms with Crippen molar-refractivity contribution in [3.05, 3.63) is 95.6 Å². The fourth-order valence-electron chi connectivity index (χ4n) is 5.01. The Kier molecular flexibility index (Phi) is 8.81. The maximum absolute atomic E-state index is 13.1.